The Morgan fingerprint density at radius 2 is 2.04 bits per heavy atom. The molecule has 0 radical (unpaired) electrons. The van der Waals surface area contributed by atoms with E-state index in [-0.39, 0.29) is 19.3 Å². The number of aliphatic hydroxyl groups is 2. The molecule has 0 aromatic carbocycles. The Kier molecular flexibility index (Phi) is 5.96. The molecule has 1 aliphatic carbocycles. The summed E-state index contributed by atoms with van der Waals surface area (Å²) in [5, 5.41) is 22.9. The van der Waals surface area contributed by atoms with E-state index in [1.165, 1.54) is 0 Å². The molecule has 0 aliphatic heterocycles. The first-order chi connectivity index (χ1) is 12.5. The second-order valence-corrected chi connectivity index (χ2v) is 7.31. The lowest BCUT2D eigenvalue weighted by molar-refractivity contribution is 0.0196. The Hall–Kier alpha value is -1.89. The van der Waals surface area contributed by atoms with Gasteiger partial charge in [-0.05, 0) is 50.8 Å². The highest BCUT2D eigenvalue weighted by atomic mass is 35.5. The monoisotopic (exact) mass is 377 g/mol. The average molecular weight is 378 g/mol. The lowest BCUT2D eigenvalue weighted by Gasteiger charge is -2.34. The number of pyridine rings is 2. The van der Waals surface area contributed by atoms with Crippen molar-refractivity contribution < 1.29 is 14.9 Å². The van der Waals surface area contributed by atoms with Crippen molar-refractivity contribution in [3.8, 4) is 17.0 Å². The van der Waals surface area contributed by atoms with Gasteiger partial charge >= 0.3 is 0 Å². The molecule has 0 atom stereocenters. The van der Waals surface area contributed by atoms with Crippen molar-refractivity contribution in [2.75, 3.05) is 18.5 Å². The van der Waals surface area contributed by atoms with Crippen molar-refractivity contribution >= 4 is 17.3 Å². The summed E-state index contributed by atoms with van der Waals surface area (Å²) in [7, 11) is 0. The van der Waals surface area contributed by atoms with E-state index in [2.05, 4.69) is 15.3 Å². The van der Waals surface area contributed by atoms with Gasteiger partial charge in [0, 0.05) is 23.5 Å². The molecule has 1 fully saturated rings. The van der Waals surface area contributed by atoms with Gasteiger partial charge in [0.2, 0.25) is 0 Å². The fourth-order valence-electron chi connectivity index (χ4n) is 3.15. The van der Waals surface area contributed by atoms with E-state index >= 15 is 0 Å². The SMILES string of the molecule is CC1(O)CCC(Nc2cc(Cl)ncc2-c2ccc(OCCO)cn2)CC1. The molecule has 0 saturated heterocycles. The number of hydrogen-bond donors (Lipinski definition) is 3. The predicted octanol–water partition coefficient (Wildman–Crippen LogP) is 3.27. The normalized spacial score (nSPS) is 22.8. The van der Waals surface area contributed by atoms with Crippen LogP contribution in [0.1, 0.15) is 32.6 Å². The molecule has 1 aliphatic rings. The Morgan fingerprint density at radius 3 is 2.69 bits per heavy atom. The minimum absolute atomic E-state index is 0.0365. The molecule has 3 rings (SSSR count). The predicted molar refractivity (Wildman–Crippen MR) is 102 cm³/mol. The zero-order valence-electron chi connectivity index (χ0n) is 14.8. The van der Waals surface area contributed by atoms with Gasteiger partial charge in [0.15, 0.2) is 0 Å². The minimum atomic E-state index is -0.567. The molecule has 0 bridgehead atoms. The number of nitrogens with one attached hydrogen (secondary N) is 1. The summed E-state index contributed by atoms with van der Waals surface area (Å²) >= 11 is 6.09. The Labute approximate surface area is 158 Å². The number of hydrogen-bond acceptors (Lipinski definition) is 6. The summed E-state index contributed by atoms with van der Waals surface area (Å²) in [6.45, 7) is 2.09. The first-order valence-electron chi connectivity index (χ1n) is 8.81. The molecule has 0 amide bonds. The van der Waals surface area contributed by atoms with E-state index in [4.69, 9.17) is 21.4 Å². The maximum absolute atomic E-state index is 10.1. The third-order valence-electron chi connectivity index (χ3n) is 4.67. The Bertz CT molecular complexity index is 727. The highest BCUT2D eigenvalue weighted by molar-refractivity contribution is 6.29. The molecular formula is C19H24ClN3O3. The van der Waals surface area contributed by atoms with Crippen LogP contribution in [0.25, 0.3) is 11.3 Å². The number of ether oxygens (including phenoxy) is 1. The Morgan fingerprint density at radius 1 is 1.27 bits per heavy atom. The van der Waals surface area contributed by atoms with Crippen LogP contribution >= 0.6 is 11.6 Å². The first-order valence-corrected chi connectivity index (χ1v) is 9.19. The number of aliphatic hydroxyl groups excluding tert-OH is 1. The number of anilines is 1. The molecule has 2 heterocycles. The van der Waals surface area contributed by atoms with Crippen LogP contribution in [0.3, 0.4) is 0 Å². The average Bonchev–Trinajstić information content (AvgIpc) is 2.62. The molecule has 0 spiro atoms. The van der Waals surface area contributed by atoms with Crippen LogP contribution < -0.4 is 10.1 Å². The number of nitrogens with zero attached hydrogens (tertiary/aromatic N) is 2. The number of aromatic nitrogens is 2. The summed E-state index contributed by atoms with van der Waals surface area (Å²) in [6, 6.07) is 5.75. The van der Waals surface area contributed by atoms with Gasteiger partial charge in [0.25, 0.3) is 0 Å². The maximum atomic E-state index is 10.1. The molecular weight excluding hydrogens is 354 g/mol. The van der Waals surface area contributed by atoms with E-state index in [1.54, 1.807) is 12.4 Å². The van der Waals surface area contributed by atoms with Crippen LogP contribution in [0.4, 0.5) is 5.69 Å². The molecule has 3 N–H and O–H groups in total. The van der Waals surface area contributed by atoms with Crippen molar-refractivity contribution in [1.29, 1.82) is 0 Å². The van der Waals surface area contributed by atoms with E-state index in [1.807, 2.05) is 25.1 Å². The van der Waals surface area contributed by atoms with Crippen LogP contribution in [-0.2, 0) is 0 Å². The van der Waals surface area contributed by atoms with Gasteiger partial charge < -0.3 is 20.3 Å². The summed E-state index contributed by atoms with van der Waals surface area (Å²) in [5.41, 5.74) is 1.94. The van der Waals surface area contributed by atoms with Gasteiger partial charge in [-0.3, -0.25) is 4.98 Å². The van der Waals surface area contributed by atoms with E-state index in [9.17, 15) is 5.11 Å². The highest BCUT2D eigenvalue weighted by Crippen LogP contribution is 2.33. The van der Waals surface area contributed by atoms with E-state index < -0.39 is 5.60 Å². The van der Waals surface area contributed by atoms with Gasteiger partial charge in [-0.1, -0.05) is 11.6 Å². The van der Waals surface area contributed by atoms with E-state index in [0.29, 0.717) is 10.9 Å². The molecule has 140 valence electrons. The van der Waals surface area contributed by atoms with Crippen LogP contribution in [0, 0.1) is 0 Å². The largest absolute Gasteiger partial charge is 0.490 e. The topological polar surface area (TPSA) is 87.5 Å². The molecule has 26 heavy (non-hydrogen) atoms. The van der Waals surface area contributed by atoms with Crippen molar-refractivity contribution in [1.82, 2.24) is 9.97 Å². The fourth-order valence-corrected chi connectivity index (χ4v) is 3.30. The van der Waals surface area contributed by atoms with Gasteiger partial charge in [-0.2, -0.15) is 0 Å². The smallest absolute Gasteiger partial charge is 0.137 e. The van der Waals surface area contributed by atoms with Gasteiger partial charge in [0.1, 0.15) is 17.5 Å². The van der Waals surface area contributed by atoms with Crippen molar-refractivity contribution in [2.45, 2.75) is 44.2 Å². The third kappa shape index (κ3) is 4.84. The lowest BCUT2D eigenvalue weighted by atomic mass is 9.83. The summed E-state index contributed by atoms with van der Waals surface area (Å²) in [6.07, 6.45) is 6.67. The second kappa shape index (κ2) is 8.20. The molecule has 0 unspecified atom stereocenters. The minimum Gasteiger partial charge on any atom is -0.490 e. The zero-order chi connectivity index (χ0) is 18.6. The van der Waals surface area contributed by atoms with Crippen LogP contribution in [0.5, 0.6) is 5.75 Å². The molecule has 2 aromatic heterocycles. The number of rotatable bonds is 6. The standard InChI is InChI=1S/C19H24ClN3O3/c1-19(25)6-4-13(5-7-19)23-17-10-18(20)22-12-15(17)16-3-2-14(11-21-16)26-9-8-24/h2-3,10-13,24-25H,4-9H2,1H3,(H,22,23). The summed E-state index contributed by atoms with van der Waals surface area (Å²) in [5.74, 6) is 0.605. The van der Waals surface area contributed by atoms with Crippen molar-refractivity contribution in [2.24, 2.45) is 0 Å². The van der Waals surface area contributed by atoms with Crippen molar-refractivity contribution in [3.05, 3.63) is 35.7 Å². The second-order valence-electron chi connectivity index (χ2n) is 6.92. The zero-order valence-corrected chi connectivity index (χ0v) is 15.5. The lowest BCUT2D eigenvalue weighted by Crippen LogP contribution is -2.35. The Balaban J connectivity index is 1.77. The molecule has 7 heteroatoms. The van der Waals surface area contributed by atoms with Gasteiger partial charge in [-0.15, -0.1) is 0 Å². The highest BCUT2D eigenvalue weighted by Gasteiger charge is 2.29. The summed E-state index contributed by atoms with van der Waals surface area (Å²) in [4.78, 5) is 8.62. The third-order valence-corrected chi connectivity index (χ3v) is 4.87. The quantitative estimate of drug-likeness (QED) is 0.670. The molecule has 1 saturated carbocycles. The van der Waals surface area contributed by atoms with Crippen LogP contribution in [0.15, 0.2) is 30.6 Å². The molecule has 6 nitrogen and oxygen atoms in total. The summed E-state index contributed by atoms with van der Waals surface area (Å²) < 4.78 is 5.35. The van der Waals surface area contributed by atoms with Crippen LogP contribution in [-0.4, -0.2) is 45.0 Å². The van der Waals surface area contributed by atoms with Gasteiger partial charge in [-0.25, -0.2) is 4.98 Å². The van der Waals surface area contributed by atoms with E-state index in [0.717, 1.165) is 42.6 Å². The van der Waals surface area contributed by atoms with Gasteiger partial charge in [0.05, 0.1) is 24.1 Å². The molecule has 2 aromatic rings. The van der Waals surface area contributed by atoms with Crippen molar-refractivity contribution in [3.63, 3.8) is 0 Å². The fraction of sp³-hybridized carbons (Fsp3) is 0.474. The van der Waals surface area contributed by atoms with Crippen LogP contribution in [0.2, 0.25) is 5.15 Å². The first kappa shape index (κ1) is 18.9. The number of halogens is 1. The maximum Gasteiger partial charge on any atom is 0.137 e.